The van der Waals surface area contributed by atoms with E-state index in [2.05, 4.69) is 4.72 Å². The molecule has 1 aliphatic carbocycles. The van der Waals surface area contributed by atoms with E-state index >= 15 is 0 Å². The van der Waals surface area contributed by atoms with Gasteiger partial charge in [0.05, 0.1) is 12.7 Å². The van der Waals surface area contributed by atoms with Gasteiger partial charge < -0.3 is 9.84 Å². The van der Waals surface area contributed by atoms with Gasteiger partial charge in [-0.15, -0.1) is 0 Å². The summed E-state index contributed by atoms with van der Waals surface area (Å²) >= 11 is 0. The Bertz CT molecular complexity index is 607. The topological polar surface area (TPSA) is 92.7 Å². The zero-order valence-corrected chi connectivity index (χ0v) is 11.9. The van der Waals surface area contributed by atoms with Crippen LogP contribution in [0, 0.1) is 5.92 Å². The highest BCUT2D eigenvalue weighted by Crippen LogP contribution is 2.28. The molecule has 0 amide bonds. The first-order valence-electron chi connectivity index (χ1n) is 6.35. The third-order valence-corrected chi connectivity index (χ3v) is 4.93. The molecule has 1 aromatic rings. The van der Waals surface area contributed by atoms with Crippen molar-refractivity contribution >= 4 is 16.0 Å². The van der Waals surface area contributed by atoms with E-state index in [0.717, 1.165) is 25.3 Å². The molecule has 1 aliphatic rings. The quantitative estimate of drug-likeness (QED) is 0.830. The second kappa shape index (κ2) is 5.80. The summed E-state index contributed by atoms with van der Waals surface area (Å²) in [5, 5.41) is 8.95. The Balaban J connectivity index is 2.27. The minimum atomic E-state index is -3.77. The first kappa shape index (κ1) is 14.8. The van der Waals surface area contributed by atoms with Crippen LogP contribution in [0.3, 0.4) is 0 Å². The number of carbonyl (C=O) groups is 1. The maximum atomic E-state index is 12.2. The molecule has 1 fully saturated rings. The third kappa shape index (κ3) is 3.10. The van der Waals surface area contributed by atoms with E-state index in [9.17, 15) is 13.2 Å². The molecule has 1 aromatic carbocycles. The van der Waals surface area contributed by atoms with Gasteiger partial charge in [0.15, 0.2) is 0 Å². The molecular weight excluding hydrogens is 282 g/mol. The molecule has 20 heavy (non-hydrogen) atoms. The van der Waals surface area contributed by atoms with Gasteiger partial charge in [0, 0.05) is 6.54 Å². The van der Waals surface area contributed by atoms with E-state index in [0.29, 0.717) is 12.5 Å². The third-order valence-electron chi connectivity index (χ3n) is 3.49. The van der Waals surface area contributed by atoms with E-state index in [4.69, 9.17) is 9.84 Å². The Hall–Kier alpha value is -1.60. The summed E-state index contributed by atoms with van der Waals surface area (Å²) in [6.07, 6.45) is 3.17. The standard InChI is InChI=1S/C13H17NO5S/c1-19-11-6-5-10(13(15)16)7-12(11)20(17,18)14-8-9-3-2-4-9/h5-7,9,14H,2-4,8H2,1H3,(H,15,16). The van der Waals surface area contributed by atoms with E-state index in [1.165, 1.54) is 19.2 Å². The Morgan fingerprint density at radius 1 is 1.45 bits per heavy atom. The number of aromatic carboxylic acids is 1. The zero-order chi connectivity index (χ0) is 14.8. The number of carboxylic acid groups (broad SMARTS) is 1. The molecule has 2 N–H and O–H groups in total. The van der Waals surface area contributed by atoms with Gasteiger partial charge in [0.1, 0.15) is 10.6 Å². The van der Waals surface area contributed by atoms with Gasteiger partial charge in [0.25, 0.3) is 0 Å². The average molecular weight is 299 g/mol. The summed E-state index contributed by atoms with van der Waals surface area (Å²) < 4.78 is 32.0. The van der Waals surface area contributed by atoms with Crippen LogP contribution in [0.2, 0.25) is 0 Å². The molecule has 0 aliphatic heterocycles. The summed E-state index contributed by atoms with van der Waals surface area (Å²) in [5.74, 6) is -0.669. The number of hydrogen-bond donors (Lipinski definition) is 2. The van der Waals surface area contributed by atoms with Crippen LogP contribution in [-0.4, -0.2) is 33.1 Å². The SMILES string of the molecule is COc1ccc(C(=O)O)cc1S(=O)(=O)NCC1CCC1. The predicted octanol–water partition coefficient (Wildman–Crippen LogP) is 1.47. The number of carboxylic acids is 1. The molecule has 0 radical (unpaired) electrons. The van der Waals surface area contributed by atoms with E-state index in [1.54, 1.807) is 0 Å². The lowest BCUT2D eigenvalue weighted by atomic mass is 9.86. The molecule has 0 bridgehead atoms. The van der Waals surface area contributed by atoms with Crippen molar-refractivity contribution in [1.29, 1.82) is 0 Å². The molecule has 6 nitrogen and oxygen atoms in total. The molecule has 0 heterocycles. The normalized spacial score (nSPS) is 15.7. The number of ether oxygens (including phenoxy) is 1. The number of methoxy groups -OCH3 is 1. The molecular formula is C13H17NO5S. The van der Waals surface area contributed by atoms with Crippen LogP contribution >= 0.6 is 0 Å². The molecule has 0 aromatic heterocycles. The van der Waals surface area contributed by atoms with E-state index < -0.39 is 16.0 Å². The molecule has 7 heteroatoms. The molecule has 0 unspecified atom stereocenters. The molecule has 0 saturated heterocycles. The zero-order valence-electron chi connectivity index (χ0n) is 11.1. The van der Waals surface area contributed by atoms with Crippen LogP contribution in [-0.2, 0) is 10.0 Å². The van der Waals surface area contributed by atoms with Crippen LogP contribution in [0.5, 0.6) is 5.75 Å². The van der Waals surface area contributed by atoms with Gasteiger partial charge in [-0.1, -0.05) is 6.42 Å². The van der Waals surface area contributed by atoms with Crippen molar-refractivity contribution in [2.75, 3.05) is 13.7 Å². The minimum Gasteiger partial charge on any atom is -0.495 e. The molecule has 1 saturated carbocycles. The maximum absolute atomic E-state index is 12.2. The lowest BCUT2D eigenvalue weighted by Crippen LogP contribution is -2.32. The van der Waals surface area contributed by atoms with Gasteiger partial charge in [-0.25, -0.2) is 17.9 Å². The smallest absolute Gasteiger partial charge is 0.335 e. The highest BCUT2D eigenvalue weighted by Gasteiger charge is 2.24. The van der Waals surface area contributed by atoms with Crippen molar-refractivity contribution in [3.05, 3.63) is 23.8 Å². The van der Waals surface area contributed by atoms with Crippen LogP contribution in [0.25, 0.3) is 0 Å². The van der Waals surface area contributed by atoms with Crippen molar-refractivity contribution in [3.8, 4) is 5.75 Å². The van der Waals surface area contributed by atoms with E-state index in [-0.39, 0.29) is 16.2 Å². The number of nitrogens with one attached hydrogen (secondary N) is 1. The second-order valence-corrected chi connectivity index (χ2v) is 6.55. The molecule has 0 spiro atoms. The average Bonchev–Trinajstić information content (AvgIpc) is 2.35. The highest BCUT2D eigenvalue weighted by molar-refractivity contribution is 7.89. The van der Waals surface area contributed by atoms with Crippen LogP contribution in [0.4, 0.5) is 0 Å². The van der Waals surface area contributed by atoms with Crippen molar-refractivity contribution in [3.63, 3.8) is 0 Å². The Labute approximate surface area is 117 Å². The van der Waals surface area contributed by atoms with Gasteiger partial charge in [-0.3, -0.25) is 0 Å². The number of hydrogen-bond acceptors (Lipinski definition) is 4. The number of sulfonamides is 1. The first-order chi connectivity index (χ1) is 9.44. The minimum absolute atomic E-state index is 0.0881. The molecule has 2 rings (SSSR count). The summed E-state index contributed by atoms with van der Waals surface area (Å²) in [7, 11) is -2.42. The van der Waals surface area contributed by atoms with Crippen molar-refractivity contribution in [2.45, 2.75) is 24.2 Å². The molecule has 110 valence electrons. The predicted molar refractivity (Wildman–Crippen MR) is 72.5 cm³/mol. The van der Waals surface area contributed by atoms with Crippen molar-refractivity contribution < 1.29 is 23.1 Å². The van der Waals surface area contributed by atoms with Gasteiger partial charge >= 0.3 is 5.97 Å². The number of benzene rings is 1. The fourth-order valence-corrected chi connectivity index (χ4v) is 3.33. The molecule has 0 atom stereocenters. The largest absolute Gasteiger partial charge is 0.495 e. The lowest BCUT2D eigenvalue weighted by Gasteiger charge is -2.25. The van der Waals surface area contributed by atoms with Crippen molar-refractivity contribution in [2.24, 2.45) is 5.92 Å². The highest BCUT2D eigenvalue weighted by atomic mass is 32.2. The second-order valence-electron chi connectivity index (χ2n) is 4.82. The summed E-state index contributed by atoms with van der Waals surface area (Å²) in [4.78, 5) is 10.8. The summed E-state index contributed by atoms with van der Waals surface area (Å²) in [5.41, 5.74) is -0.0881. The number of rotatable bonds is 6. The Kier molecular flexibility index (Phi) is 4.29. The van der Waals surface area contributed by atoms with Crippen LogP contribution in [0.15, 0.2) is 23.1 Å². The Morgan fingerprint density at radius 2 is 2.15 bits per heavy atom. The first-order valence-corrected chi connectivity index (χ1v) is 7.83. The monoisotopic (exact) mass is 299 g/mol. The Morgan fingerprint density at radius 3 is 2.65 bits per heavy atom. The fourth-order valence-electron chi connectivity index (χ4n) is 2.02. The van der Waals surface area contributed by atoms with Crippen LogP contribution in [0.1, 0.15) is 29.6 Å². The summed E-state index contributed by atoms with van der Waals surface area (Å²) in [6.45, 7) is 0.378. The lowest BCUT2D eigenvalue weighted by molar-refractivity contribution is 0.0696. The van der Waals surface area contributed by atoms with Crippen molar-refractivity contribution in [1.82, 2.24) is 4.72 Å². The summed E-state index contributed by atoms with van der Waals surface area (Å²) in [6, 6.07) is 3.78. The van der Waals surface area contributed by atoms with Gasteiger partial charge in [0.2, 0.25) is 10.0 Å². The fraction of sp³-hybridized carbons (Fsp3) is 0.462. The van der Waals surface area contributed by atoms with E-state index in [1.807, 2.05) is 0 Å². The maximum Gasteiger partial charge on any atom is 0.335 e. The van der Waals surface area contributed by atoms with Gasteiger partial charge in [-0.2, -0.15) is 0 Å². The van der Waals surface area contributed by atoms with Gasteiger partial charge in [-0.05, 0) is 37.0 Å². The van der Waals surface area contributed by atoms with Crippen LogP contribution < -0.4 is 9.46 Å².